The molecule has 1 fully saturated rings. The molecule has 2 aromatic heterocycles. The fourth-order valence-corrected chi connectivity index (χ4v) is 4.12. The molecule has 0 unspecified atom stereocenters. The number of piperazine rings is 1. The number of pyridine rings is 1. The zero-order valence-electron chi connectivity index (χ0n) is 18.9. The smallest absolute Gasteiger partial charge is 0.391 e. The molecule has 174 valence electrons. The Labute approximate surface area is 198 Å². The molecule has 1 N–H and O–H groups in total. The van der Waals surface area contributed by atoms with Crippen molar-refractivity contribution in [1.29, 1.82) is 0 Å². The summed E-state index contributed by atoms with van der Waals surface area (Å²) in [6.07, 6.45) is 2.00. The molecule has 2 aromatic rings. The first-order valence-corrected chi connectivity index (χ1v) is 11.8. The minimum atomic E-state index is -0.420. The van der Waals surface area contributed by atoms with Crippen LogP contribution < -0.4 is 14.4 Å². The Balaban J connectivity index is 1.45. The Morgan fingerprint density at radius 3 is 2.50 bits per heavy atom. The number of urea groups is 1. The predicted molar refractivity (Wildman–Crippen MR) is 129 cm³/mol. The van der Waals surface area contributed by atoms with Crippen molar-refractivity contribution in [3.63, 3.8) is 0 Å². The van der Waals surface area contributed by atoms with Gasteiger partial charge in [-0.1, -0.05) is 12.8 Å². The molecule has 32 heavy (non-hydrogen) atoms. The number of nitrogens with one attached hydrogen (secondary N) is 1. The molecule has 0 saturated carbocycles. The largest absolute Gasteiger partial charge is 0.416 e. The van der Waals surface area contributed by atoms with E-state index in [4.69, 9.17) is 4.74 Å². The van der Waals surface area contributed by atoms with Crippen LogP contribution in [-0.2, 0) is 6.42 Å². The van der Waals surface area contributed by atoms with Gasteiger partial charge < -0.3 is 15.0 Å². The summed E-state index contributed by atoms with van der Waals surface area (Å²) in [7, 11) is 0. The van der Waals surface area contributed by atoms with Gasteiger partial charge in [-0.3, -0.25) is 4.90 Å². The van der Waals surface area contributed by atoms with Crippen LogP contribution in [0.5, 0.6) is 5.88 Å². The average Bonchev–Trinajstić information content (AvgIpc) is 3.16. The van der Waals surface area contributed by atoms with Crippen molar-refractivity contribution in [3.05, 3.63) is 34.4 Å². The molecule has 0 spiro atoms. The molecule has 9 nitrogen and oxygen atoms in total. The van der Waals surface area contributed by atoms with Crippen molar-refractivity contribution in [2.45, 2.75) is 39.7 Å². The SMILES string of the molecule is Cc1ncsc1CCN1CCN(C(=O)Oc2ccc(N(S)C(=O)NC(C)(C)C)cn2)CC1. The number of hydrogen-bond acceptors (Lipinski definition) is 8. The maximum atomic E-state index is 12.5. The lowest BCUT2D eigenvalue weighted by Crippen LogP contribution is -2.50. The molecule has 0 atom stereocenters. The molecular formula is C21H30N6O3S2. The van der Waals surface area contributed by atoms with E-state index in [-0.39, 0.29) is 17.5 Å². The highest BCUT2D eigenvalue weighted by Gasteiger charge is 2.23. The van der Waals surface area contributed by atoms with Crippen LogP contribution in [0.25, 0.3) is 0 Å². The quantitative estimate of drug-likeness (QED) is 0.641. The second kappa shape index (κ2) is 10.5. The van der Waals surface area contributed by atoms with Crippen LogP contribution >= 0.6 is 24.2 Å². The second-order valence-electron chi connectivity index (χ2n) is 8.65. The van der Waals surface area contributed by atoms with Crippen molar-refractivity contribution in [1.82, 2.24) is 25.1 Å². The summed E-state index contributed by atoms with van der Waals surface area (Å²) in [6.45, 7) is 11.5. The minimum Gasteiger partial charge on any atom is -0.391 e. The topological polar surface area (TPSA) is 90.9 Å². The maximum absolute atomic E-state index is 12.5. The zero-order chi connectivity index (χ0) is 23.3. The van der Waals surface area contributed by atoms with Crippen LogP contribution in [0, 0.1) is 6.92 Å². The predicted octanol–water partition coefficient (Wildman–Crippen LogP) is 3.36. The fourth-order valence-electron chi connectivity index (χ4n) is 3.18. The summed E-state index contributed by atoms with van der Waals surface area (Å²) in [4.78, 5) is 38.5. The monoisotopic (exact) mass is 478 g/mol. The van der Waals surface area contributed by atoms with Crippen molar-refractivity contribution in [3.8, 4) is 5.88 Å². The first-order chi connectivity index (χ1) is 15.1. The molecule has 0 aromatic carbocycles. The number of carbonyl (C=O) groups excluding carboxylic acids is 2. The highest BCUT2D eigenvalue weighted by Crippen LogP contribution is 2.20. The molecule has 0 radical (unpaired) electrons. The summed E-state index contributed by atoms with van der Waals surface area (Å²) in [5.41, 5.74) is 3.07. The lowest BCUT2D eigenvalue weighted by Gasteiger charge is -2.33. The van der Waals surface area contributed by atoms with Gasteiger partial charge in [0.2, 0.25) is 5.88 Å². The Hall–Kier alpha value is -2.37. The van der Waals surface area contributed by atoms with Gasteiger partial charge in [-0.15, -0.1) is 11.3 Å². The molecule has 3 amide bonds. The number of ether oxygens (including phenoxy) is 1. The van der Waals surface area contributed by atoms with E-state index in [0.29, 0.717) is 18.8 Å². The van der Waals surface area contributed by atoms with Crippen LogP contribution in [0.1, 0.15) is 31.3 Å². The van der Waals surface area contributed by atoms with Crippen LogP contribution in [-0.4, -0.2) is 70.2 Å². The number of carbonyl (C=O) groups is 2. The fraction of sp³-hybridized carbons (Fsp3) is 0.524. The molecule has 11 heteroatoms. The molecule has 1 aliphatic heterocycles. The van der Waals surface area contributed by atoms with E-state index >= 15 is 0 Å². The number of thiol groups is 1. The third kappa shape index (κ3) is 6.81. The molecular weight excluding hydrogens is 448 g/mol. The number of hydrogen-bond donors (Lipinski definition) is 2. The van der Waals surface area contributed by atoms with Crippen molar-refractivity contribution < 1.29 is 14.3 Å². The molecule has 0 bridgehead atoms. The van der Waals surface area contributed by atoms with Crippen molar-refractivity contribution in [2.75, 3.05) is 37.0 Å². The molecule has 3 heterocycles. The summed E-state index contributed by atoms with van der Waals surface area (Å²) in [5, 5.41) is 2.81. The van der Waals surface area contributed by atoms with Gasteiger partial charge >= 0.3 is 12.1 Å². The van der Waals surface area contributed by atoms with E-state index in [0.717, 1.165) is 36.1 Å². The lowest BCUT2D eigenvalue weighted by molar-refractivity contribution is 0.110. The highest BCUT2D eigenvalue weighted by atomic mass is 32.1. The lowest BCUT2D eigenvalue weighted by atomic mass is 10.1. The van der Waals surface area contributed by atoms with Crippen LogP contribution in [0.3, 0.4) is 0 Å². The van der Waals surface area contributed by atoms with Gasteiger partial charge in [0.1, 0.15) is 0 Å². The summed E-state index contributed by atoms with van der Waals surface area (Å²) < 4.78 is 6.57. The third-order valence-corrected chi connectivity index (χ3v) is 6.37. The Kier molecular flexibility index (Phi) is 7.96. The highest BCUT2D eigenvalue weighted by molar-refractivity contribution is 7.82. The van der Waals surface area contributed by atoms with Crippen LogP contribution in [0.2, 0.25) is 0 Å². The standard InChI is InChI=1S/C21H30N6O3S2/c1-15-17(32-14-23-15)7-8-25-9-11-26(12-10-25)20(29)30-18-6-5-16(13-22-18)27(31)19(28)24-21(2,3)4/h5-6,13-14,31H,7-12H2,1-4H3,(H,24,28). The molecule has 1 saturated heterocycles. The second-order valence-corrected chi connectivity index (χ2v) is 9.99. The Morgan fingerprint density at radius 1 is 1.22 bits per heavy atom. The van der Waals surface area contributed by atoms with Gasteiger partial charge in [0, 0.05) is 49.2 Å². The van der Waals surface area contributed by atoms with Gasteiger partial charge in [-0.2, -0.15) is 0 Å². The van der Waals surface area contributed by atoms with E-state index in [1.54, 1.807) is 28.4 Å². The molecule has 0 aliphatic carbocycles. The van der Waals surface area contributed by atoms with Crippen LogP contribution in [0.4, 0.5) is 15.3 Å². The summed E-state index contributed by atoms with van der Waals surface area (Å²) in [5.74, 6) is 0.180. The minimum absolute atomic E-state index is 0.180. The number of amides is 3. The van der Waals surface area contributed by atoms with E-state index in [2.05, 4.69) is 33.0 Å². The summed E-state index contributed by atoms with van der Waals surface area (Å²) in [6, 6.07) is 2.81. The first kappa shape index (κ1) is 24.3. The van der Waals surface area contributed by atoms with Gasteiger partial charge in [0.15, 0.2) is 0 Å². The number of rotatable bonds is 5. The normalized spacial score (nSPS) is 14.8. The number of aromatic nitrogens is 2. The van der Waals surface area contributed by atoms with Crippen molar-refractivity contribution >= 4 is 42.0 Å². The van der Waals surface area contributed by atoms with Crippen LogP contribution in [0.15, 0.2) is 23.8 Å². The van der Waals surface area contributed by atoms with Gasteiger partial charge in [0.05, 0.1) is 23.1 Å². The molecule has 1 aliphatic rings. The number of nitrogens with zero attached hydrogens (tertiary/aromatic N) is 5. The zero-order valence-corrected chi connectivity index (χ0v) is 20.6. The van der Waals surface area contributed by atoms with Gasteiger partial charge in [0.25, 0.3) is 0 Å². The molecule has 3 rings (SSSR count). The Bertz CT molecular complexity index is 920. The van der Waals surface area contributed by atoms with E-state index in [1.165, 1.54) is 11.1 Å². The van der Waals surface area contributed by atoms with Gasteiger partial charge in [-0.25, -0.2) is 23.9 Å². The number of aryl methyl sites for hydroxylation is 1. The van der Waals surface area contributed by atoms with E-state index < -0.39 is 6.09 Å². The first-order valence-electron chi connectivity index (χ1n) is 10.5. The van der Waals surface area contributed by atoms with Crippen molar-refractivity contribution in [2.24, 2.45) is 0 Å². The Morgan fingerprint density at radius 2 is 1.94 bits per heavy atom. The average molecular weight is 479 g/mol. The van der Waals surface area contributed by atoms with E-state index in [9.17, 15) is 9.59 Å². The van der Waals surface area contributed by atoms with E-state index in [1.807, 2.05) is 33.2 Å². The maximum Gasteiger partial charge on any atom is 0.416 e. The van der Waals surface area contributed by atoms with Gasteiger partial charge in [-0.05, 0) is 40.2 Å². The third-order valence-electron chi connectivity index (χ3n) is 4.96. The summed E-state index contributed by atoms with van der Waals surface area (Å²) >= 11 is 5.91. The number of anilines is 1. The number of thiazole rings is 1.